The highest BCUT2D eigenvalue weighted by Gasteiger charge is 2.43. The van der Waals surface area contributed by atoms with Crippen LogP contribution in [-0.2, 0) is 11.2 Å². The number of benzene rings is 1. The zero-order valence-corrected chi connectivity index (χ0v) is 16.2. The second-order valence-electron chi connectivity index (χ2n) is 8.25. The third kappa shape index (κ3) is 2.66. The van der Waals surface area contributed by atoms with Gasteiger partial charge in [0.1, 0.15) is 5.75 Å². The van der Waals surface area contributed by atoms with Gasteiger partial charge in [-0.1, -0.05) is 6.42 Å². The molecule has 5 rings (SSSR count). The summed E-state index contributed by atoms with van der Waals surface area (Å²) in [6.45, 7) is 5.34. The molecule has 4 heterocycles. The fourth-order valence-electron chi connectivity index (χ4n) is 5.49. The summed E-state index contributed by atoms with van der Waals surface area (Å²) in [5, 5.41) is 1.00. The first kappa shape index (κ1) is 17.1. The Morgan fingerprint density at radius 2 is 2.19 bits per heavy atom. The quantitative estimate of drug-likeness (QED) is 0.808. The van der Waals surface area contributed by atoms with Crippen molar-refractivity contribution in [3.8, 4) is 5.75 Å². The SMILES string of the molecule is CCOC(=O)c1c(C)[nH]c2ccc3c(c12)CC1CCC2CCCCN2C1O3. The third-order valence-electron chi connectivity index (χ3n) is 6.68. The van der Waals surface area contributed by atoms with Crippen molar-refractivity contribution in [1.29, 1.82) is 0 Å². The first-order valence-electron chi connectivity index (χ1n) is 10.4. The van der Waals surface area contributed by atoms with Crippen molar-refractivity contribution in [2.24, 2.45) is 5.92 Å². The second-order valence-corrected chi connectivity index (χ2v) is 8.25. The highest BCUT2D eigenvalue weighted by atomic mass is 16.5. The maximum atomic E-state index is 12.6. The number of rotatable bonds is 2. The molecular weight excluding hydrogens is 340 g/mol. The molecule has 0 amide bonds. The molecule has 2 aromatic rings. The van der Waals surface area contributed by atoms with E-state index in [0.29, 0.717) is 24.1 Å². The Bertz CT molecular complexity index is 887. The van der Waals surface area contributed by atoms with Gasteiger partial charge in [0.15, 0.2) is 6.23 Å². The number of aromatic amines is 1. The van der Waals surface area contributed by atoms with Crippen molar-refractivity contribution >= 4 is 16.9 Å². The summed E-state index contributed by atoms with van der Waals surface area (Å²) in [6, 6.07) is 4.81. The summed E-state index contributed by atoms with van der Waals surface area (Å²) < 4.78 is 11.9. The smallest absolute Gasteiger partial charge is 0.340 e. The molecule has 2 fully saturated rings. The van der Waals surface area contributed by atoms with Crippen LogP contribution in [0, 0.1) is 12.8 Å². The molecule has 0 aliphatic carbocycles. The van der Waals surface area contributed by atoms with Gasteiger partial charge in [-0.15, -0.1) is 0 Å². The number of esters is 1. The van der Waals surface area contributed by atoms with Gasteiger partial charge in [-0.2, -0.15) is 0 Å². The lowest BCUT2D eigenvalue weighted by Gasteiger charge is -2.50. The van der Waals surface area contributed by atoms with Crippen molar-refractivity contribution in [1.82, 2.24) is 9.88 Å². The second kappa shape index (κ2) is 6.55. The van der Waals surface area contributed by atoms with Crippen molar-refractivity contribution in [3.05, 3.63) is 29.0 Å². The fraction of sp³-hybridized carbons (Fsp3) is 0.591. The number of aryl methyl sites for hydroxylation is 1. The first-order valence-corrected chi connectivity index (χ1v) is 10.4. The molecule has 5 nitrogen and oxygen atoms in total. The molecule has 5 heteroatoms. The summed E-state index contributed by atoms with van der Waals surface area (Å²) in [7, 11) is 0. The molecule has 1 N–H and O–H groups in total. The topological polar surface area (TPSA) is 54.6 Å². The minimum Gasteiger partial charge on any atom is -0.474 e. The number of nitrogens with one attached hydrogen (secondary N) is 1. The summed E-state index contributed by atoms with van der Waals surface area (Å²) in [5.41, 5.74) is 3.73. The van der Waals surface area contributed by atoms with E-state index in [-0.39, 0.29) is 12.2 Å². The van der Waals surface area contributed by atoms with Crippen LogP contribution in [0.15, 0.2) is 12.1 Å². The maximum Gasteiger partial charge on any atom is 0.340 e. The molecule has 0 radical (unpaired) electrons. The number of carbonyl (C=O) groups excluding carboxylic acids is 1. The van der Waals surface area contributed by atoms with Crippen LogP contribution < -0.4 is 4.74 Å². The molecular formula is C22H28N2O3. The molecule has 1 aromatic heterocycles. The molecule has 144 valence electrons. The highest BCUT2D eigenvalue weighted by molar-refractivity contribution is 6.07. The van der Waals surface area contributed by atoms with Gasteiger partial charge in [-0.25, -0.2) is 4.79 Å². The van der Waals surface area contributed by atoms with E-state index in [2.05, 4.69) is 16.0 Å². The van der Waals surface area contributed by atoms with Crippen molar-refractivity contribution < 1.29 is 14.3 Å². The number of hydrogen-bond acceptors (Lipinski definition) is 4. The average molecular weight is 368 g/mol. The average Bonchev–Trinajstić information content (AvgIpc) is 3.03. The largest absolute Gasteiger partial charge is 0.474 e. The van der Waals surface area contributed by atoms with E-state index in [9.17, 15) is 4.79 Å². The summed E-state index contributed by atoms with van der Waals surface area (Å²) >= 11 is 0. The van der Waals surface area contributed by atoms with E-state index in [4.69, 9.17) is 9.47 Å². The Balaban J connectivity index is 1.57. The van der Waals surface area contributed by atoms with Crippen LogP contribution in [0.3, 0.4) is 0 Å². The van der Waals surface area contributed by atoms with Crippen LogP contribution in [-0.4, -0.2) is 41.3 Å². The standard InChI is InChI=1S/C22H28N2O3/c1-3-26-22(25)19-13(2)23-17-9-10-18-16(20(17)19)12-14-7-8-15-6-4-5-11-24(15)21(14)27-18/h9-10,14-15,21,23H,3-8,11-12H2,1-2H3. The van der Waals surface area contributed by atoms with Gasteiger partial charge in [0, 0.05) is 40.7 Å². The number of hydrogen-bond donors (Lipinski definition) is 1. The number of piperidine rings is 2. The van der Waals surface area contributed by atoms with Crippen LogP contribution in [0.4, 0.5) is 0 Å². The Hall–Kier alpha value is -2.01. The van der Waals surface area contributed by atoms with Crippen LogP contribution in [0.1, 0.15) is 60.6 Å². The minimum atomic E-state index is -0.239. The molecule has 2 saturated heterocycles. The highest BCUT2D eigenvalue weighted by Crippen LogP contribution is 2.44. The van der Waals surface area contributed by atoms with Gasteiger partial charge in [-0.3, -0.25) is 4.90 Å². The molecule has 0 saturated carbocycles. The van der Waals surface area contributed by atoms with Crippen molar-refractivity contribution in [2.75, 3.05) is 13.2 Å². The van der Waals surface area contributed by atoms with E-state index in [0.717, 1.165) is 35.3 Å². The molecule has 1 aromatic carbocycles. The zero-order valence-electron chi connectivity index (χ0n) is 16.2. The van der Waals surface area contributed by atoms with Crippen molar-refractivity contribution in [3.63, 3.8) is 0 Å². The molecule has 3 aliphatic rings. The van der Waals surface area contributed by atoms with Gasteiger partial charge in [0.2, 0.25) is 0 Å². The van der Waals surface area contributed by atoms with Crippen LogP contribution in [0.25, 0.3) is 10.9 Å². The molecule has 0 spiro atoms. The van der Waals surface area contributed by atoms with E-state index in [1.54, 1.807) is 0 Å². The van der Waals surface area contributed by atoms with E-state index < -0.39 is 0 Å². The zero-order chi connectivity index (χ0) is 18.5. The van der Waals surface area contributed by atoms with Gasteiger partial charge < -0.3 is 14.5 Å². The monoisotopic (exact) mass is 368 g/mol. The fourth-order valence-corrected chi connectivity index (χ4v) is 5.49. The van der Waals surface area contributed by atoms with Gasteiger partial charge in [0.25, 0.3) is 0 Å². The number of nitrogens with zero attached hydrogens (tertiary/aromatic N) is 1. The minimum absolute atomic E-state index is 0.195. The van der Waals surface area contributed by atoms with Gasteiger partial charge in [0.05, 0.1) is 12.2 Å². The molecule has 27 heavy (non-hydrogen) atoms. The van der Waals surface area contributed by atoms with Gasteiger partial charge in [-0.05, 0) is 58.1 Å². The van der Waals surface area contributed by atoms with E-state index in [1.165, 1.54) is 37.7 Å². The lowest BCUT2D eigenvalue weighted by molar-refractivity contribution is -0.0976. The molecule has 3 atom stereocenters. The van der Waals surface area contributed by atoms with Crippen molar-refractivity contribution in [2.45, 2.75) is 64.6 Å². The molecule has 0 bridgehead atoms. The van der Waals surface area contributed by atoms with Gasteiger partial charge >= 0.3 is 5.97 Å². The number of carbonyl (C=O) groups is 1. The predicted molar refractivity (Wildman–Crippen MR) is 104 cm³/mol. The van der Waals surface area contributed by atoms with Crippen LogP contribution in [0.2, 0.25) is 0 Å². The van der Waals surface area contributed by atoms with Crippen LogP contribution in [0.5, 0.6) is 5.75 Å². The summed E-state index contributed by atoms with van der Waals surface area (Å²) in [6.07, 6.45) is 7.58. The third-order valence-corrected chi connectivity index (χ3v) is 6.68. The lowest BCUT2D eigenvalue weighted by Crippen LogP contribution is -2.57. The summed E-state index contributed by atoms with van der Waals surface area (Å²) in [4.78, 5) is 18.6. The normalized spacial score (nSPS) is 27.4. The number of ether oxygens (including phenoxy) is 2. The molecule has 3 unspecified atom stereocenters. The Kier molecular flexibility index (Phi) is 4.15. The Labute approximate surface area is 160 Å². The Morgan fingerprint density at radius 3 is 3.04 bits per heavy atom. The summed E-state index contributed by atoms with van der Waals surface area (Å²) in [5.74, 6) is 1.21. The molecule has 3 aliphatic heterocycles. The van der Waals surface area contributed by atoms with E-state index in [1.807, 2.05) is 19.9 Å². The lowest BCUT2D eigenvalue weighted by atomic mass is 9.80. The number of fused-ring (bicyclic) bond motifs is 6. The van der Waals surface area contributed by atoms with E-state index >= 15 is 0 Å². The predicted octanol–water partition coefficient (Wildman–Crippen LogP) is 4.18. The number of H-pyrrole nitrogens is 1. The Morgan fingerprint density at radius 1 is 1.30 bits per heavy atom. The first-order chi connectivity index (χ1) is 13.2. The van der Waals surface area contributed by atoms with Crippen LogP contribution >= 0.6 is 0 Å². The number of aromatic nitrogens is 1. The maximum absolute atomic E-state index is 12.6.